The van der Waals surface area contributed by atoms with Crippen LogP contribution < -0.4 is 0 Å². The van der Waals surface area contributed by atoms with Crippen LogP contribution in [0.2, 0.25) is 0 Å². The quantitative estimate of drug-likeness (QED) is 0.615. The molecule has 0 aromatic heterocycles. The van der Waals surface area contributed by atoms with Crippen LogP contribution in [0.4, 0.5) is 4.39 Å². The number of esters is 2. The second kappa shape index (κ2) is 7.63. The lowest BCUT2D eigenvalue weighted by Gasteiger charge is -2.24. The lowest BCUT2D eigenvalue weighted by molar-refractivity contribution is -0.170. The number of alkyl halides is 1. The minimum atomic E-state index is -1.39. The van der Waals surface area contributed by atoms with Crippen molar-refractivity contribution in [3.63, 3.8) is 0 Å². The summed E-state index contributed by atoms with van der Waals surface area (Å²) in [7, 11) is 0. The Balaban J connectivity index is 2.01. The number of benzene rings is 1. The molecule has 1 saturated heterocycles. The molecule has 0 radical (unpaired) electrons. The van der Waals surface area contributed by atoms with Crippen molar-refractivity contribution in [1.82, 2.24) is 4.90 Å². The maximum absolute atomic E-state index is 13.8. The van der Waals surface area contributed by atoms with E-state index in [1.165, 1.54) is 0 Å². The van der Waals surface area contributed by atoms with E-state index in [0.717, 1.165) is 10.5 Å². The van der Waals surface area contributed by atoms with Gasteiger partial charge >= 0.3 is 17.8 Å². The first-order chi connectivity index (χ1) is 11.7. The molecular weight excluding hydrogens is 329 g/mol. The van der Waals surface area contributed by atoms with Gasteiger partial charge in [0.05, 0.1) is 6.54 Å². The molecule has 1 aromatic rings. The van der Waals surface area contributed by atoms with Crippen molar-refractivity contribution in [3.05, 3.63) is 35.9 Å². The van der Waals surface area contributed by atoms with Crippen molar-refractivity contribution in [2.24, 2.45) is 0 Å². The number of amides is 1. The van der Waals surface area contributed by atoms with Crippen molar-refractivity contribution < 1.29 is 28.2 Å². The highest BCUT2D eigenvalue weighted by molar-refractivity contribution is 6.33. The Morgan fingerprint density at radius 1 is 1.20 bits per heavy atom. The fraction of sp³-hybridized carbons (Fsp3) is 0.500. The standard InChI is InChI=1S/C18H22FNO5/c1-18(2,3)25-17(23)15(21)20-10-13(19)9-14(20)16(22)24-11-12-7-5-4-6-8-12/h4-8,13-14H,9-11H2,1-3H3/t13-,14+/m1/s1. The van der Waals surface area contributed by atoms with Gasteiger partial charge < -0.3 is 14.4 Å². The number of hydrogen-bond donors (Lipinski definition) is 0. The van der Waals surface area contributed by atoms with Crippen molar-refractivity contribution in [2.75, 3.05) is 6.54 Å². The predicted octanol–water partition coefficient (Wildman–Crippen LogP) is 2.01. The first-order valence-corrected chi connectivity index (χ1v) is 8.06. The maximum atomic E-state index is 13.8. The van der Waals surface area contributed by atoms with E-state index < -0.39 is 35.7 Å². The molecule has 1 fully saturated rings. The molecule has 2 atom stereocenters. The van der Waals surface area contributed by atoms with Crippen molar-refractivity contribution in [2.45, 2.75) is 51.6 Å². The molecule has 1 aromatic carbocycles. The van der Waals surface area contributed by atoms with Gasteiger partial charge in [-0.2, -0.15) is 0 Å². The van der Waals surface area contributed by atoms with Gasteiger partial charge in [-0.05, 0) is 26.3 Å². The van der Waals surface area contributed by atoms with Gasteiger partial charge in [0, 0.05) is 6.42 Å². The number of likely N-dealkylation sites (tertiary alicyclic amines) is 1. The number of halogens is 1. The number of carbonyl (C=O) groups is 3. The van der Waals surface area contributed by atoms with Gasteiger partial charge in [-0.1, -0.05) is 30.3 Å². The van der Waals surface area contributed by atoms with Gasteiger partial charge in [0.2, 0.25) is 0 Å². The van der Waals surface area contributed by atoms with Crippen LogP contribution in [-0.2, 0) is 30.5 Å². The Kier molecular flexibility index (Phi) is 5.77. The summed E-state index contributed by atoms with van der Waals surface area (Å²) >= 11 is 0. The van der Waals surface area contributed by atoms with E-state index >= 15 is 0 Å². The van der Waals surface area contributed by atoms with Crippen LogP contribution in [-0.4, -0.2) is 47.1 Å². The van der Waals surface area contributed by atoms with Crippen molar-refractivity contribution in [1.29, 1.82) is 0 Å². The van der Waals surface area contributed by atoms with Crippen LogP contribution in [0.1, 0.15) is 32.8 Å². The Hall–Kier alpha value is -2.44. The minimum Gasteiger partial charge on any atom is -0.459 e. The Bertz CT molecular complexity index is 641. The molecule has 25 heavy (non-hydrogen) atoms. The van der Waals surface area contributed by atoms with Gasteiger partial charge in [0.1, 0.15) is 24.4 Å². The average Bonchev–Trinajstić information content (AvgIpc) is 2.93. The third kappa shape index (κ3) is 5.27. The lowest BCUT2D eigenvalue weighted by atomic mass is 10.2. The molecule has 1 aliphatic heterocycles. The van der Waals surface area contributed by atoms with E-state index in [1.807, 2.05) is 6.07 Å². The molecule has 0 spiro atoms. The third-order valence-corrected chi connectivity index (χ3v) is 3.58. The van der Waals surface area contributed by atoms with Crippen molar-refractivity contribution in [3.8, 4) is 0 Å². The van der Waals surface area contributed by atoms with Gasteiger partial charge in [0.15, 0.2) is 0 Å². The minimum absolute atomic E-state index is 0.0155. The number of carbonyl (C=O) groups excluding carboxylic acids is 3. The van der Waals surface area contributed by atoms with E-state index in [2.05, 4.69) is 0 Å². The normalized spacial score (nSPS) is 20.2. The van der Waals surface area contributed by atoms with E-state index in [-0.39, 0.29) is 19.6 Å². The average molecular weight is 351 g/mol. The van der Waals surface area contributed by atoms with E-state index in [4.69, 9.17) is 9.47 Å². The summed E-state index contributed by atoms with van der Waals surface area (Å²) in [6, 6.07) is 7.87. The van der Waals surface area contributed by atoms with Crippen LogP contribution >= 0.6 is 0 Å². The zero-order valence-corrected chi connectivity index (χ0v) is 14.5. The SMILES string of the molecule is CC(C)(C)OC(=O)C(=O)N1C[C@H](F)C[C@H]1C(=O)OCc1ccccc1. The van der Waals surface area contributed by atoms with Crippen LogP contribution in [0.15, 0.2) is 30.3 Å². The van der Waals surface area contributed by atoms with E-state index in [1.54, 1.807) is 45.0 Å². The molecule has 0 saturated carbocycles. The second-order valence-electron chi connectivity index (χ2n) is 6.90. The topological polar surface area (TPSA) is 72.9 Å². The molecular formula is C18H22FNO5. The number of hydrogen-bond acceptors (Lipinski definition) is 5. The molecule has 1 aliphatic rings. The van der Waals surface area contributed by atoms with E-state index in [9.17, 15) is 18.8 Å². The summed E-state index contributed by atoms with van der Waals surface area (Å²) in [5.74, 6) is -2.87. The van der Waals surface area contributed by atoms with Gasteiger partial charge in [-0.25, -0.2) is 14.0 Å². The molecule has 1 heterocycles. The molecule has 0 aliphatic carbocycles. The fourth-order valence-corrected chi connectivity index (χ4v) is 2.50. The van der Waals surface area contributed by atoms with Crippen LogP contribution in [0.5, 0.6) is 0 Å². The summed E-state index contributed by atoms with van der Waals surface area (Å²) in [5, 5.41) is 0. The highest BCUT2D eigenvalue weighted by atomic mass is 19.1. The smallest absolute Gasteiger partial charge is 0.397 e. The van der Waals surface area contributed by atoms with Gasteiger partial charge in [-0.15, -0.1) is 0 Å². The maximum Gasteiger partial charge on any atom is 0.397 e. The molecule has 1 amide bonds. The predicted molar refractivity (Wildman–Crippen MR) is 87.1 cm³/mol. The number of rotatable bonds is 3. The Morgan fingerprint density at radius 2 is 1.84 bits per heavy atom. The summed E-state index contributed by atoms with van der Waals surface area (Å²) in [6.07, 6.45) is -1.58. The van der Waals surface area contributed by atoms with E-state index in [0.29, 0.717) is 0 Å². The summed E-state index contributed by atoms with van der Waals surface area (Å²) in [5.41, 5.74) is -0.0825. The molecule has 0 N–H and O–H groups in total. The summed E-state index contributed by atoms with van der Waals surface area (Å²) in [4.78, 5) is 37.3. The first kappa shape index (κ1) is 18.9. The molecule has 2 rings (SSSR count). The van der Waals surface area contributed by atoms with Gasteiger partial charge in [-0.3, -0.25) is 4.79 Å². The highest BCUT2D eigenvalue weighted by Gasteiger charge is 2.43. The number of nitrogens with zero attached hydrogens (tertiary/aromatic N) is 1. The van der Waals surface area contributed by atoms with Crippen LogP contribution in [0.25, 0.3) is 0 Å². The molecule has 6 nitrogen and oxygen atoms in total. The highest BCUT2D eigenvalue weighted by Crippen LogP contribution is 2.23. The second-order valence-corrected chi connectivity index (χ2v) is 6.90. The third-order valence-electron chi connectivity index (χ3n) is 3.58. The van der Waals surface area contributed by atoms with Crippen molar-refractivity contribution >= 4 is 17.8 Å². The van der Waals surface area contributed by atoms with Gasteiger partial charge in [0.25, 0.3) is 0 Å². The summed E-state index contributed by atoms with van der Waals surface area (Å²) in [6.45, 7) is 4.54. The molecule has 136 valence electrons. The Morgan fingerprint density at radius 3 is 2.44 bits per heavy atom. The lowest BCUT2D eigenvalue weighted by Crippen LogP contribution is -2.46. The largest absolute Gasteiger partial charge is 0.459 e. The zero-order valence-electron chi connectivity index (χ0n) is 14.5. The zero-order chi connectivity index (χ0) is 18.6. The fourth-order valence-electron chi connectivity index (χ4n) is 2.50. The number of ether oxygens (including phenoxy) is 2. The summed E-state index contributed by atoms with van der Waals surface area (Å²) < 4.78 is 23.9. The molecule has 0 unspecified atom stereocenters. The van der Waals surface area contributed by atoms with Crippen LogP contribution in [0.3, 0.4) is 0 Å². The Labute approximate surface area is 145 Å². The monoisotopic (exact) mass is 351 g/mol. The first-order valence-electron chi connectivity index (χ1n) is 8.06. The van der Waals surface area contributed by atoms with Crippen LogP contribution in [0, 0.1) is 0 Å². The molecule has 7 heteroatoms. The molecule has 0 bridgehead atoms.